The minimum absolute atomic E-state index is 0.00667. The summed E-state index contributed by atoms with van der Waals surface area (Å²) in [6, 6.07) is 6.57. The van der Waals surface area contributed by atoms with E-state index in [0.717, 1.165) is 25.7 Å². The maximum atomic E-state index is 13.2. The van der Waals surface area contributed by atoms with E-state index in [4.69, 9.17) is 11.6 Å². The minimum atomic E-state index is -0.883. The van der Waals surface area contributed by atoms with E-state index in [1.54, 1.807) is 0 Å². The van der Waals surface area contributed by atoms with E-state index in [-0.39, 0.29) is 10.9 Å². The molecule has 1 aromatic carbocycles. The van der Waals surface area contributed by atoms with Crippen LogP contribution in [0, 0.1) is 34.4 Å². The van der Waals surface area contributed by atoms with Gasteiger partial charge in [-0.1, -0.05) is 24.1 Å². The van der Waals surface area contributed by atoms with Gasteiger partial charge in [0, 0.05) is 0 Å². The number of hydrogen-bond acceptors (Lipinski definition) is 2. The average Bonchev–Trinajstić information content (AvgIpc) is 3.02. The molecule has 0 saturated heterocycles. The van der Waals surface area contributed by atoms with Crippen LogP contribution in [0.15, 0.2) is 18.2 Å². The zero-order valence-electron chi connectivity index (χ0n) is 10.4. The van der Waals surface area contributed by atoms with Gasteiger partial charge >= 0.3 is 0 Å². The first-order valence-electron chi connectivity index (χ1n) is 6.61. The van der Waals surface area contributed by atoms with Gasteiger partial charge in [0.15, 0.2) is 0 Å². The van der Waals surface area contributed by atoms with Gasteiger partial charge in [-0.3, -0.25) is 0 Å². The van der Waals surface area contributed by atoms with E-state index in [9.17, 15) is 14.8 Å². The molecule has 1 aromatic rings. The Balaban J connectivity index is 1.96. The number of fused-ring (bicyclic) bond motifs is 2. The number of nitrogens with zero attached hydrogens (tertiary/aromatic N) is 1. The quantitative estimate of drug-likeness (QED) is 0.894. The molecule has 0 aromatic heterocycles. The molecule has 4 atom stereocenters. The SMILES string of the molecule is N#CC1(C(O)c2ccc(F)c(Cl)c2)CC2CCC1C2. The lowest BCUT2D eigenvalue weighted by Crippen LogP contribution is -2.33. The van der Waals surface area contributed by atoms with Crippen molar-refractivity contribution in [2.45, 2.75) is 31.8 Å². The number of nitriles is 1. The fraction of sp³-hybridized carbons (Fsp3) is 0.533. The monoisotopic (exact) mass is 279 g/mol. The molecule has 0 spiro atoms. The molecule has 2 fully saturated rings. The van der Waals surface area contributed by atoms with Crippen molar-refractivity contribution in [1.29, 1.82) is 5.26 Å². The van der Waals surface area contributed by atoms with Crippen LogP contribution in [-0.2, 0) is 0 Å². The third kappa shape index (κ3) is 1.86. The maximum absolute atomic E-state index is 13.2. The van der Waals surface area contributed by atoms with E-state index in [1.807, 2.05) is 0 Å². The Morgan fingerprint density at radius 2 is 2.26 bits per heavy atom. The van der Waals surface area contributed by atoms with Crippen LogP contribution in [0.4, 0.5) is 4.39 Å². The number of hydrogen-bond donors (Lipinski definition) is 1. The predicted molar refractivity (Wildman–Crippen MR) is 69.9 cm³/mol. The van der Waals surface area contributed by atoms with Crippen molar-refractivity contribution in [1.82, 2.24) is 0 Å². The molecule has 19 heavy (non-hydrogen) atoms. The summed E-state index contributed by atoms with van der Waals surface area (Å²) in [6.45, 7) is 0. The Bertz CT molecular complexity index is 556. The fourth-order valence-corrected chi connectivity index (χ4v) is 4.07. The summed E-state index contributed by atoms with van der Waals surface area (Å²) in [5.41, 5.74) is -0.176. The molecule has 0 heterocycles. The summed E-state index contributed by atoms with van der Waals surface area (Å²) < 4.78 is 13.2. The second-order valence-electron chi connectivity index (χ2n) is 5.81. The van der Waals surface area contributed by atoms with Crippen molar-refractivity contribution in [3.8, 4) is 6.07 Å². The third-order valence-corrected chi connectivity index (χ3v) is 5.14. The predicted octanol–water partition coefficient (Wildman–Crippen LogP) is 3.84. The van der Waals surface area contributed by atoms with Crippen molar-refractivity contribution in [2.75, 3.05) is 0 Å². The zero-order chi connectivity index (χ0) is 13.6. The molecule has 1 N–H and O–H groups in total. The molecule has 0 amide bonds. The summed E-state index contributed by atoms with van der Waals surface area (Å²) in [7, 11) is 0. The molecule has 2 nitrogen and oxygen atoms in total. The number of rotatable bonds is 2. The molecule has 2 saturated carbocycles. The van der Waals surface area contributed by atoms with Crippen molar-refractivity contribution >= 4 is 11.6 Å². The zero-order valence-corrected chi connectivity index (χ0v) is 11.2. The van der Waals surface area contributed by atoms with Crippen LogP contribution in [0.2, 0.25) is 5.02 Å². The summed E-state index contributed by atoms with van der Waals surface area (Å²) in [5, 5.41) is 20.2. The summed E-state index contributed by atoms with van der Waals surface area (Å²) >= 11 is 5.76. The largest absolute Gasteiger partial charge is 0.387 e. The summed E-state index contributed by atoms with van der Waals surface area (Å²) in [5.74, 6) is 0.299. The number of aliphatic hydroxyl groups is 1. The highest BCUT2D eigenvalue weighted by molar-refractivity contribution is 6.30. The fourth-order valence-electron chi connectivity index (χ4n) is 3.89. The Kier molecular flexibility index (Phi) is 3.03. The van der Waals surface area contributed by atoms with Crippen LogP contribution in [0.1, 0.15) is 37.4 Å². The first-order chi connectivity index (χ1) is 9.06. The average molecular weight is 280 g/mol. The van der Waals surface area contributed by atoms with E-state index in [2.05, 4.69) is 6.07 Å². The van der Waals surface area contributed by atoms with Gasteiger partial charge < -0.3 is 5.11 Å². The standard InChI is InChI=1S/C15H15ClFNO/c16-12-6-10(2-4-13(12)17)14(19)15(8-18)7-9-1-3-11(15)5-9/h2,4,6,9,11,14,19H,1,3,5,7H2. The van der Waals surface area contributed by atoms with E-state index < -0.39 is 17.3 Å². The summed E-state index contributed by atoms with van der Waals surface area (Å²) in [6.07, 6.45) is 3.05. The lowest BCUT2D eigenvalue weighted by molar-refractivity contribution is 0.0233. The third-order valence-electron chi connectivity index (χ3n) is 4.85. The Hall–Kier alpha value is -1.11. The lowest BCUT2D eigenvalue weighted by atomic mass is 9.68. The smallest absolute Gasteiger partial charge is 0.141 e. The lowest BCUT2D eigenvalue weighted by Gasteiger charge is -2.35. The normalized spacial score (nSPS) is 34.2. The number of aliphatic hydroxyl groups excluding tert-OH is 1. The molecule has 0 radical (unpaired) electrons. The molecule has 4 unspecified atom stereocenters. The number of halogens is 2. The maximum Gasteiger partial charge on any atom is 0.141 e. The van der Waals surface area contributed by atoms with Crippen LogP contribution >= 0.6 is 11.6 Å². The molecule has 100 valence electrons. The molecular weight excluding hydrogens is 265 g/mol. The van der Waals surface area contributed by atoms with Crippen LogP contribution < -0.4 is 0 Å². The molecule has 3 rings (SSSR count). The topological polar surface area (TPSA) is 44.0 Å². The number of benzene rings is 1. The van der Waals surface area contributed by atoms with Gasteiger partial charge in [0.2, 0.25) is 0 Å². The van der Waals surface area contributed by atoms with Crippen LogP contribution in [-0.4, -0.2) is 5.11 Å². The van der Waals surface area contributed by atoms with E-state index >= 15 is 0 Å². The Labute approximate surface area is 116 Å². The Morgan fingerprint density at radius 1 is 1.47 bits per heavy atom. The molecule has 4 heteroatoms. The summed E-state index contributed by atoms with van der Waals surface area (Å²) in [4.78, 5) is 0. The van der Waals surface area contributed by atoms with E-state index in [0.29, 0.717) is 11.5 Å². The first-order valence-corrected chi connectivity index (χ1v) is 6.99. The van der Waals surface area contributed by atoms with Gasteiger partial charge in [0.05, 0.1) is 22.6 Å². The van der Waals surface area contributed by atoms with Gasteiger partial charge in [-0.05, 0) is 48.8 Å². The van der Waals surface area contributed by atoms with Crippen molar-refractivity contribution in [3.05, 3.63) is 34.6 Å². The molecular formula is C15H15ClFNO. The Morgan fingerprint density at radius 3 is 2.79 bits per heavy atom. The van der Waals surface area contributed by atoms with Crippen molar-refractivity contribution < 1.29 is 9.50 Å². The molecule has 0 aliphatic heterocycles. The van der Waals surface area contributed by atoms with Crippen molar-refractivity contribution in [2.24, 2.45) is 17.3 Å². The van der Waals surface area contributed by atoms with Gasteiger partial charge in [-0.15, -0.1) is 0 Å². The van der Waals surface area contributed by atoms with Crippen molar-refractivity contribution in [3.63, 3.8) is 0 Å². The highest BCUT2D eigenvalue weighted by atomic mass is 35.5. The van der Waals surface area contributed by atoms with Crippen LogP contribution in [0.25, 0.3) is 0 Å². The van der Waals surface area contributed by atoms with E-state index in [1.165, 1.54) is 18.2 Å². The van der Waals surface area contributed by atoms with Gasteiger partial charge in [-0.2, -0.15) is 5.26 Å². The molecule has 2 aliphatic carbocycles. The second-order valence-corrected chi connectivity index (χ2v) is 6.22. The molecule has 2 bridgehead atoms. The second kappa shape index (κ2) is 4.47. The van der Waals surface area contributed by atoms with Crippen LogP contribution in [0.3, 0.4) is 0 Å². The highest BCUT2D eigenvalue weighted by Crippen LogP contribution is 2.60. The van der Waals surface area contributed by atoms with Crippen LogP contribution in [0.5, 0.6) is 0 Å². The van der Waals surface area contributed by atoms with Gasteiger partial charge in [-0.25, -0.2) is 4.39 Å². The first kappa shape index (κ1) is 12.9. The molecule has 2 aliphatic rings. The van der Waals surface area contributed by atoms with Gasteiger partial charge in [0.25, 0.3) is 0 Å². The minimum Gasteiger partial charge on any atom is -0.387 e. The van der Waals surface area contributed by atoms with Gasteiger partial charge in [0.1, 0.15) is 5.82 Å². The highest BCUT2D eigenvalue weighted by Gasteiger charge is 2.55.